The van der Waals surface area contributed by atoms with Crippen molar-refractivity contribution < 1.29 is 24.6 Å². The van der Waals surface area contributed by atoms with E-state index in [4.69, 9.17) is 10.2 Å². The zero-order valence-electron chi connectivity index (χ0n) is 11.5. The molecule has 0 bridgehead atoms. The SMILES string of the molecule is CC(O)CNC(=O)CCC(=O)NC(C(=O)O)C(C)C. The summed E-state index contributed by atoms with van der Waals surface area (Å²) in [4.78, 5) is 33.7. The number of aliphatic hydroxyl groups is 1. The molecule has 7 heteroatoms. The minimum Gasteiger partial charge on any atom is -0.480 e. The predicted octanol–water partition coefficient (Wildman–Crippen LogP) is -0.511. The van der Waals surface area contributed by atoms with Gasteiger partial charge in [0.05, 0.1) is 6.10 Å². The third-order valence-electron chi connectivity index (χ3n) is 2.42. The third kappa shape index (κ3) is 8.15. The fraction of sp³-hybridized carbons (Fsp3) is 0.750. The van der Waals surface area contributed by atoms with Crippen LogP contribution in [0.25, 0.3) is 0 Å². The number of aliphatic carboxylic acids is 1. The molecule has 2 atom stereocenters. The van der Waals surface area contributed by atoms with Gasteiger partial charge < -0.3 is 20.8 Å². The molecule has 0 spiro atoms. The molecule has 0 aromatic carbocycles. The Morgan fingerprint density at radius 2 is 1.58 bits per heavy atom. The average Bonchev–Trinajstić information content (AvgIpc) is 2.29. The highest BCUT2D eigenvalue weighted by Crippen LogP contribution is 2.02. The Morgan fingerprint density at radius 1 is 1.05 bits per heavy atom. The summed E-state index contributed by atoms with van der Waals surface area (Å²) in [6.45, 7) is 5.04. The molecule has 4 N–H and O–H groups in total. The van der Waals surface area contributed by atoms with Crippen molar-refractivity contribution in [1.29, 1.82) is 0 Å². The number of hydrogen-bond donors (Lipinski definition) is 4. The Balaban J connectivity index is 4.04. The second-order valence-corrected chi connectivity index (χ2v) is 4.78. The molecule has 0 aromatic heterocycles. The number of rotatable bonds is 8. The molecule has 0 rings (SSSR count). The number of carbonyl (C=O) groups is 3. The first kappa shape index (κ1) is 17.4. The topological polar surface area (TPSA) is 116 Å². The number of amides is 2. The summed E-state index contributed by atoms with van der Waals surface area (Å²) in [5.74, 6) is -2.16. The first-order valence-electron chi connectivity index (χ1n) is 6.21. The quantitative estimate of drug-likeness (QED) is 0.476. The van der Waals surface area contributed by atoms with Crippen molar-refractivity contribution in [2.24, 2.45) is 5.92 Å². The standard InChI is InChI=1S/C12H22N2O5/c1-7(2)11(12(18)19)14-10(17)5-4-9(16)13-6-8(3)15/h7-8,11,15H,4-6H2,1-3H3,(H,13,16)(H,14,17)(H,18,19). The number of hydrogen-bond acceptors (Lipinski definition) is 4. The van der Waals surface area contributed by atoms with Gasteiger partial charge in [0, 0.05) is 19.4 Å². The fourth-order valence-electron chi connectivity index (χ4n) is 1.34. The van der Waals surface area contributed by atoms with Gasteiger partial charge in [0.25, 0.3) is 0 Å². The second kappa shape index (κ2) is 8.47. The van der Waals surface area contributed by atoms with E-state index in [9.17, 15) is 14.4 Å². The fourth-order valence-corrected chi connectivity index (χ4v) is 1.34. The molecule has 0 saturated heterocycles. The summed E-state index contributed by atoms with van der Waals surface area (Å²) in [6, 6.07) is -0.951. The van der Waals surface area contributed by atoms with Gasteiger partial charge in [-0.15, -0.1) is 0 Å². The summed E-state index contributed by atoms with van der Waals surface area (Å²) in [5, 5.41) is 22.7. The van der Waals surface area contributed by atoms with Crippen molar-refractivity contribution in [3.8, 4) is 0 Å². The van der Waals surface area contributed by atoms with Crippen LogP contribution in [0.4, 0.5) is 0 Å². The van der Waals surface area contributed by atoms with Gasteiger partial charge in [0.1, 0.15) is 6.04 Å². The van der Waals surface area contributed by atoms with Crippen LogP contribution in [0.5, 0.6) is 0 Å². The maximum atomic E-state index is 11.5. The van der Waals surface area contributed by atoms with Gasteiger partial charge in [0.2, 0.25) is 11.8 Å². The molecule has 0 aliphatic heterocycles. The number of carboxylic acids is 1. The molecule has 2 unspecified atom stereocenters. The van der Waals surface area contributed by atoms with Crippen LogP contribution >= 0.6 is 0 Å². The lowest BCUT2D eigenvalue weighted by molar-refractivity contribution is -0.143. The summed E-state index contributed by atoms with van der Waals surface area (Å²) >= 11 is 0. The number of carboxylic acid groups (broad SMARTS) is 1. The monoisotopic (exact) mass is 274 g/mol. The first-order chi connectivity index (χ1) is 8.73. The third-order valence-corrected chi connectivity index (χ3v) is 2.42. The Kier molecular flexibility index (Phi) is 7.74. The van der Waals surface area contributed by atoms with E-state index in [0.29, 0.717) is 0 Å². The molecule has 0 saturated carbocycles. The van der Waals surface area contributed by atoms with E-state index in [1.54, 1.807) is 13.8 Å². The summed E-state index contributed by atoms with van der Waals surface area (Å²) in [5.41, 5.74) is 0. The van der Waals surface area contributed by atoms with Crippen molar-refractivity contribution in [2.75, 3.05) is 6.54 Å². The number of nitrogens with one attached hydrogen (secondary N) is 2. The molecule has 19 heavy (non-hydrogen) atoms. The van der Waals surface area contributed by atoms with E-state index in [2.05, 4.69) is 10.6 Å². The first-order valence-corrected chi connectivity index (χ1v) is 6.21. The molecule has 7 nitrogen and oxygen atoms in total. The molecule has 0 aliphatic rings. The van der Waals surface area contributed by atoms with E-state index < -0.39 is 24.0 Å². The van der Waals surface area contributed by atoms with Crippen molar-refractivity contribution in [3.05, 3.63) is 0 Å². The van der Waals surface area contributed by atoms with Crippen molar-refractivity contribution in [3.63, 3.8) is 0 Å². The van der Waals surface area contributed by atoms with E-state index in [1.165, 1.54) is 6.92 Å². The molecule has 0 aromatic rings. The molecule has 0 aliphatic carbocycles. The maximum absolute atomic E-state index is 11.5. The lowest BCUT2D eigenvalue weighted by atomic mass is 10.0. The minimum absolute atomic E-state index is 0.0387. The highest BCUT2D eigenvalue weighted by molar-refractivity contribution is 5.87. The molecular formula is C12H22N2O5. The van der Waals surface area contributed by atoms with E-state index in [-0.39, 0.29) is 31.2 Å². The normalized spacial score (nSPS) is 13.7. The van der Waals surface area contributed by atoms with Gasteiger partial charge in [-0.1, -0.05) is 13.8 Å². The van der Waals surface area contributed by atoms with Crippen molar-refractivity contribution in [2.45, 2.75) is 45.8 Å². The smallest absolute Gasteiger partial charge is 0.326 e. The van der Waals surface area contributed by atoms with Crippen LogP contribution in [0, 0.1) is 5.92 Å². The number of carbonyl (C=O) groups excluding carboxylic acids is 2. The second-order valence-electron chi connectivity index (χ2n) is 4.78. The molecule has 0 heterocycles. The van der Waals surface area contributed by atoms with Gasteiger partial charge >= 0.3 is 5.97 Å². The van der Waals surface area contributed by atoms with Crippen LogP contribution in [0.3, 0.4) is 0 Å². The summed E-state index contributed by atoms with van der Waals surface area (Å²) < 4.78 is 0. The van der Waals surface area contributed by atoms with E-state index in [0.717, 1.165) is 0 Å². The summed E-state index contributed by atoms with van der Waals surface area (Å²) in [7, 11) is 0. The van der Waals surface area contributed by atoms with Gasteiger partial charge in [-0.25, -0.2) is 4.79 Å². The van der Waals surface area contributed by atoms with E-state index in [1.807, 2.05) is 0 Å². The Labute approximate surface area is 112 Å². The molecule has 0 fully saturated rings. The Morgan fingerprint density at radius 3 is 2.00 bits per heavy atom. The van der Waals surface area contributed by atoms with Crippen LogP contribution in [-0.2, 0) is 14.4 Å². The lowest BCUT2D eigenvalue weighted by Crippen LogP contribution is -2.44. The summed E-state index contributed by atoms with van der Waals surface area (Å²) in [6.07, 6.45) is -0.763. The van der Waals surface area contributed by atoms with Gasteiger partial charge in [-0.05, 0) is 12.8 Å². The van der Waals surface area contributed by atoms with Crippen LogP contribution in [0.2, 0.25) is 0 Å². The Bertz CT molecular complexity index is 328. The highest BCUT2D eigenvalue weighted by Gasteiger charge is 2.23. The molecule has 2 amide bonds. The zero-order valence-corrected chi connectivity index (χ0v) is 11.5. The highest BCUT2D eigenvalue weighted by atomic mass is 16.4. The van der Waals surface area contributed by atoms with Crippen LogP contribution in [0.15, 0.2) is 0 Å². The van der Waals surface area contributed by atoms with Gasteiger partial charge in [-0.3, -0.25) is 9.59 Å². The zero-order chi connectivity index (χ0) is 15.0. The largest absolute Gasteiger partial charge is 0.480 e. The van der Waals surface area contributed by atoms with Crippen molar-refractivity contribution in [1.82, 2.24) is 10.6 Å². The van der Waals surface area contributed by atoms with Gasteiger partial charge in [0.15, 0.2) is 0 Å². The number of aliphatic hydroxyl groups excluding tert-OH is 1. The van der Waals surface area contributed by atoms with Gasteiger partial charge in [-0.2, -0.15) is 0 Å². The molecule has 110 valence electrons. The lowest BCUT2D eigenvalue weighted by Gasteiger charge is -2.17. The molecular weight excluding hydrogens is 252 g/mol. The average molecular weight is 274 g/mol. The maximum Gasteiger partial charge on any atom is 0.326 e. The van der Waals surface area contributed by atoms with E-state index >= 15 is 0 Å². The minimum atomic E-state index is -1.10. The predicted molar refractivity (Wildman–Crippen MR) is 68.3 cm³/mol. The van der Waals surface area contributed by atoms with Crippen LogP contribution < -0.4 is 10.6 Å². The van der Waals surface area contributed by atoms with Crippen LogP contribution in [0.1, 0.15) is 33.6 Å². The van der Waals surface area contributed by atoms with Crippen molar-refractivity contribution >= 4 is 17.8 Å². The molecule has 0 radical (unpaired) electrons. The van der Waals surface area contributed by atoms with Crippen LogP contribution in [-0.4, -0.2) is 46.7 Å². The Hall–Kier alpha value is -1.63.